The van der Waals surface area contributed by atoms with Crippen molar-refractivity contribution >= 4 is 45.1 Å². The number of carboxylic acids is 1. The number of nitrogens with zero attached hydrogens (tertiary/aromatic N) is 2. The lowest BCUT2D eigenvalue weighted by Gasteiger charge is -2.52. The minimum absolute atomic E-state index is 0.0971. The van der Waals surface area contributed by atoms with E-state index < -0.39 is 33.5 Å². The Balaban J connectivity index is 1.88. The zero-order valence-corrected chi connectivity index (χ0v) is 23.3. The Hall–Kier alpha value is -2.13. The van der Waals surface area contributed by atoms with Gasteiger partial charge < -0.3 is 10.0 Å². The van der Waals surface area contributed by atoms with Crippen LogP contribution in [0.1, 0.15) is 62.6 Å². The van der Waals surface area contributed by atoms with Crippen LogP contribution in [-0.4, -0.2) is 59.5 Å². The van der Waals surface area contributed by atoms with E-state index in [1.54, 1.807) is 30.0 Å². The maximum atomic E-state index is 14.3. The third-order valence-electron chi connectivity index (χ3n) is 7.61. The number of likely N-dealkylation sites (tertiary alicyclic amines) is 1. The van der Waals surface area contributed by atoms with Gasteiger partial charge in [-0.05, 0) is 54.7 Å². The second-order valence-electron chi connectivity index (χ2n) is 10.3. The summed E-state index contributed by atoms with van der Waals surface area (Å²) in [6, 6.07) is 13.8. The Morgan fingerprint density at radius 2 is 1.84 bits per heavy atom. The van der Waals surface area contributed by atoms with Gasteiger partial charge in [0.25, 0.3) is 0 Å². The highest BCUT2D eigenvalue weighted by molar-refractivity contribution is 7.89. The maximum absolute atomic E-state index is 14.3. The predicted molar refractivity (Wildman–Crippen MR) is 144 cm³/mol. The van der Waals surface area contributed by atoms with E-state index in [-0.39, 0.29) is 30.5 Å². The molecule has 1 N–H and O–H groups in total. The lowest BCUT2D eigenvalue weighted by atomic mass is 9.67. The smallest absolute Gasteiger partial charge is 0.304 e. The van der Waals surface area contributed by atoms with Crippen LogP contribution in [0.5, 0.6) is 0 Å². The lowest BCUT2D eigenvalue weighted by molar-refractivity contribution is -0.160. The van der Waals surface area contributed by atoms with E-state index in [0.717, 1.165) is 11.1 Å². The average molecular weight is 568 g/mol. The summed E-state index contributed by atoms with van der Waals surface area (Å²) >= 11 is 12.6. The molecule has 2 aliphatic rings. The molecule has 4 atom stereocenters. The number of carboxylic acid groups (broad SMARTS) is 1. The van der Waals surface area contributed by atoms with Crippen LogP contribution in [0.4, 0.5) is 0 Å². The van der Waals surface area contributed by atoms with Crippen LogP contribution in [-0.2, 0) is 19.6 Å². The Bertz CT molecular complexity index is 1270. The molecule has 0 aliphatic carbocycles. The zero-order valence-electron chi connectivity index (χ0n) is 20.9. The molecular formula is C27H32Cl2N2O5S. The maximum Gasteiger partial charge on any atom is 0.304 e. The van der Waals surface area contributed by atoms with E-state index in [9.17, 15) is 23.1 Å². The molecule has 2 aromatic rings. The van der Waals surface area contributed by atoms with Crippen LogP contribution in [0.15, 0.2) is 48.5 Å². The number of amides is 1. The molecule has 0 spiro atoms. The number of piperidine rings is 1. The first-order chi connectivity index (χ1) is 17.4. The van der Waals surface area contributed by atoms with Crippen molar-refractivity contribution in [2.75, 3.05) is 18.8 Å². The molecule has 10 heteroatoms. The highest BCUT2D eigenvalue weighted by atomic mass is 35.5. The van der Waals surface area contributed by atoms with Gasteiger partial charge in [0.05, 0.1) is 23.6 Å². The Morgan fingerprint density at radius 1 is 1.14 bits per heavy atom. The first-order valence-electron chi connectivity index (χ1n) is 12.5. The molecule has 0 radical (unpaired) electrons. The van der Waals surface area contributed by atoms with Gasteiger partial charge in [-0.3, -0.25) is 9.59 Å². The van der Waals surface area contributed by atoms with Crippen molar-refractivity contribution < 1.29 is 23.1 Å². The van der Waals surface area contributed by atoms with E-state index in [0.29, 0.717) is 35.9 Å². The first kappa shape index (κ1) is 27.9. The van der Waals surface area contributed by atoms with E-state index in [1.807, 2.05) is 37.3 Å². The number of hydrogen-bond donors (Lipinski definition) is 1. The minimum atomic E-state index is -3.39. The highest BCUT2D eigenvalue weighted by Crippen LogP contribution is 2.52. The number of hydrogen-bond acceptors (Lipinski definition) is 4. The molecule has 1 unspecified atom stereocenters. The second kappa shape index (κ2) is 10.9. The molecular weight excluding hydrogens is 535 g/mol. The fraction of sp³-hybridized carbons (Fsp3) is 0.481. The van der Waals surface area contributed by atoms with Crippen LogP contribution in [0.2, 0.25) is 10.0 Å². The average Bonchev–Trinajstić information content (AvgIpc) is 3.17. The molecule has 0 saturated carbocycles. The van der Waals surface area contributed by atoms with Crippen molar-refractivity contribution in [1.29, 1.82) is 0 Å². The topological polar surface area (TPSA) is 95.0 Å². The highest BCUT2D eigenvalue weighted by Gasteiger charge is 2.52. The molecule has 0 bridgehead atoms. The molecule has 2 aliphatic heterocycles. The van der Waals surface area contributed by atoms with Crippen molar-refractivity contribution in [1.82, 2.24) is 9.21 Å². The van der Waals surface area contributed by atoms with Crippen molar-refractivity contribution in [2.24, 2.45) is 5.41 Å². The molecule has 2 aromatic carbocycles. The van der Waals surface area contributed by atoms with E-state index in [1.165, 1.54) is 4.31 Å². The van der Waals surface area contributed by atoms with Gasteiger partial charge in [0.1, 0.15) is 0 Å². The van der Waals surface area contributed by atoms with Crippen LogP contribution in [0.3, 0.4) is 0 Å². The number of rotatable bonds is 8. The van der Waals surface area contributed by atoms with Crippen LogP contribution < -0.4 is 0 Å². The van der Waals surface area contributed by atoms with E-state index >= 15 is 0 Å². The van der Waals surface area contributed by atoms with Crippen molar-refractivity contribution in [3.63, 3.8) is 0 Å². The van der Waals surface area contributed by atoms with E-state index in [2.05, 4.69) is 0 Å². The zero-order chi connectivity index (χ0) is 27.0. The molecule has 2 saturated heterocycles. The summed E-state index contributed by atoms with van der Waals surface area (Å²) in [5.74, 6) is -1.51. The third-order valence-corrected chi connectivity index (χ3v) is 10.0. The van der Waals surface area contributed by atoms with Crippen molar-refractivity contribution in [3.05, 3.63) is 69.7 Å². The molecule has 200 valence electrons. The lowest BCUT2D eigenvalue weighted by Crippen LogP contribution is -2.58. The quantitative estimate of drug-likeness (QED) is 0.465. The minimum Gasteiger partial charge on any atom is -0.481 e. The number of carbonyl (C=O) groups excluding carboxylic acids is 1. The van der Waals surface area contributed by atoms with Gasteiger partial charge in [-0.2, -0.15) is 4.31 Å². The Kier molecular flexibility index (Phi) is 8.24. The van der Waals surface area contributed by atoms with E-state index in [4.69, 9.17) is 23.2 Å². The molecule has 0 aromatic heterocycles. The van der Waals surface area contributed by atoms with Gasteiger partial charge in [0, 0.05) is 35.1 Å². The Morgan fingerprint density at radius 3 is 2.41 bits per heavy atom. The third kappa shape index (κ3) is 5.82. The van der Waals surface area contributed by atoms with Crippen molar-refractivity contribution in [2.45, 2.75) is 57.5 Å². The molecule has 37 heavy (non-hydrogen) atoms. The summed E-state index contributed by atoms with van der Waals surface area (Å²) in [5, 5.41) is 10.9. The molecule has 2 fully saturated rings. The summed E-state index contributed by atoms with van der Waals surface area (Å²) in [4.78, 5) is 27.9. The SMILES string of the molecule is CC[C@@H](CN1CCCS1(=O)=O)N1C(=O)[C@@](C)(CC(=O)O)CC(c2cccc(Cl)c2)[C@H]1c1ccc(Cl)cc1. The van der Waals surface area contributed by atoms with Crippen LogP contribution in [0.25, 0.3) is 0 Å². The number of carbonyl (C=O) groups is 2. The normalized spacial score (nSPS) is 26.8. The first-order valence-corrected chi connectivity index (χ1v) is 14.8. The monoisotopic (exact) mass is 566 g/mol. The summed E-state index contributed by atoms with van der Waals surface area (Å²) in [6.45, 7) is 4.21. The summed E-state index contributed by atoms with van der Waals surface area (Å²) < 4.78 is 26.8. The number of sulfonamides is 1. The molecule has 2 heterocycles. The fourth-order valence-electron chi connectivity index (χ4n) is 5.83. The van der Waals surface area contributed by atoms with Gasteiger partial charge in [0.2, 0.25) is 15.9 Å². The molecule has 1 amide bonds. The van der Waals surface area contributed by atoms with Gasteiger partial charge in [-0.15, -0.1) is 0 Å². The van der Waals surface area contributed by atoms with Crippen LogP contribution >= 0.6 is 23.2 Å². The van der Waals surface area contributed by atoms with Gasteiger partial charge >= 0.3 is 5.97 Å². The van der Waals surface area contributed by atoms with Gasteiger partial charge in [0.15, 0.2) is 0 Å². The number of halogens is 2. The Labute approximate surface area is 228 Å². The summed E-state index contributed by atoms with van der Waals surface area (Å²) in [7, 11) is -3.39. The predicted octanol–water partition coefficient (Wildman–Crippen LogP) is 5.35. The second-order valence-corrected chi connectivity index (χ2v) is 13.3. The largest absolute Gasteiger partial charge is 0.481 e. The standard InChI is InChI=1S/C27H32Cl2N2O5S/c1-3-22(17-30-12-5-13-37(30,35)36)31-25(18-8-10-20(28)11-9-18)23(19-6-4-7-21(29)14-19)15-27(2,26(31)34)16-24(32)33/h4,6-11,14,22-23,25H,3,5,12-13,15-17H2,1-2H3,(H,32,33)/t22-,23?,25+,27+/m0/s1. The van der Waals surface area contributed by atoms with Gasteiger partial charge in [-0.1, -0.05) is 61.3 Å². The fourth-order valence-corrected chi connectivity index (χ4v) is 7.71. The number of aliphatic carboxylic acids is 1. The summed E-state index contributed by atoms with van der Waals surface area (Å²) in [5.41, 5.74) is 0.562. The number of benzene rings is 2. The van der Waals surface area contributed by atoms with Crippen molar-refractivity contribution in [3.8, 4) is 0 Å². The molecule has 4 rings (SSSR count). The van der Waals surface area contributed by atoms with Crippen LogP contribution in [0, 0.1) is 5.41 Å². The molecule has 7 nitrogen and oxygen atoms in total. The summed E-state index contributed by atoms with van der Waals surface area (Å²) in [6.07, 6.45) is 1.04. The van der Waals surface area contributed by atoms with Gasteiger partial charge in [-0.25, -0.2) is 8.42 Å².